The lowest BCUT2D eigenvalue weighted by atomic mass is 10.1. The highest BCUT2D eigenvalue weighted by atomic mass is 16.5. The van der Waals surface area contributed by atoms with Gasteiger partial charge in [0.2, 0.25) is 11.5 Å². The van der Waals surface area contributed by atoms with E-state index in [-0.39, 0.29) is 11.3 Å². The lowest BCUT2D eigenvalue weighted by Gasteiger charge is -2.02. The number of benzene rings is 1. The summed E-state index contributed by atoms with van der Waals surface area (Å²) < 4.78 is 4.60. The van der Waals surface area contributed by atoms with Crippen molar-refractivity contribution in [3.8, 4) is 17.6 Å². The van der Waals surface area contributed by atoms with Gasteiger partial charge >= 0.3 is 0 Å². The smallest absolute Gasteiger partial charge is 0.280 e. The van der Waals surface area contributed by atoms with E-state index >= 15 is 0 Å². The fourth-order valence-electron chi connectivity index (χ4n) is 1.62. The van der Waals surface area contributed by atoms with Crippen LogP contribution in [0.1, 0.15) is 16.1 Å². The molecule has 2 aromatic rings. The Balaban J connectivity index is 2.48. The Morgan fingerprint density at radius 2 is 2.09 bits per heavy atom. The van der Waals surface area contributed by atoms with E-state index in [9.17, 15) is 24.7 Å². The predicted molar refractivity (Wildman–Crippen MR) is 72.5 cm³/mol. The molecule has 0 radical (unpaired) electrons. The number of nitriles is 1. The summed E-state index contributed by atoms with van der Waals surface area (Å²) in [5, 5.41) is 32.2. The van der Waals surface area contributed by atoms with Gasteiger partial charge in [-0.3, -0.25) is 9.59 Å². The number of aromatic hydroxyl groups is 2. The molecular formula is C13H7N3O6. The number of hydrogen-bond acceptors (Lipinski definition) is 8. The first-order chi connectivity index (χ1) is 10.5. The Labute approximate surface area is 121 Å². The summed E-state index contributed by atoms with van der Waals surface area (Å²) in [5.74, 6) is -2.58. The molecule has 0 atom stereocenters. The molecule has 22 heavy (non-hydrogen) atoms. The van der Waals surface area contributed by atoms with E-state index in [1.807, 2.05) is 5.16 Å². The van der Waals surface area contributed by atoms with E-state index in [0.29, 0.717) is 0 Å². The summed E-state index contributed by atoms with van der Waals surface area (Å²) in [6.45, 7) is 0. The summed E-state index contributed by atoms with van der Waals surface area (Å²) in [7, 11) is 0. The van der Waals surface area contributed by atoms with Crippen LogP contribution < -0.4 is 5.56 Å². The van der Waals surface area contributed by atoms with Crippen LogP contribution in [0.25, 0.3) is 6.08 Å². The van der Waals surface area contributed by atoms with Gasteiger partial charge in [-0.1, -0.05) is 0 Å². The van der Waals surface area contributed by atoms with Gasteiger partial charge < -0.3 is 14.7 Å². The summed E-state index contributed by atoms with van der Waals surface area (Å²) in [4.78, 5) is 33.4. The zero-order valence-electron chi connectivity index (χ0n) is 10.7. The maximum absolute atomic E-state index is 12.0. The molecule has 0 saturated heterocycles. The van der Waals surface area contributed by atoms with Gasteiger partial charge in [0.1, 0.15) is 11.6 Å². The molecule has 9 heteroatoms. The highest BCUT2D eigenvalue weighted by Gasteiger charge is 2.17. The Morgan fingerprint density at radius 1 is 1.36 bits per heavy atom. The molecule has 0 saturated carbocycles. The average Bonchev–Trinajstić information content (AvgIpc) is 2.94. The topological polar surface area (TPSA) is 157 Å². The number of carbonyl (C=O) groups is 1. The van der Waals surface area contributed by atoms with E-state index in [2.05, 4.69) is 9.70 Å². The second kappa shape index (κ2) is 5.76. The molecule has 0 fully saturated rings. The number of allylic oxidation sites excluding steroid dienone is 1. The molecule has 1 aromatic heterocycles. The number of aromatic nitrogens is 1. The lowest BCUT2D eigenvalue weighted by molar-refractivity contribution is 0.100. The minimum absolute atomic E-state index is 0.0766. The van der Waals surface area contributed by atoms with Crippen molar-refractivity contribution in [1.82, 2.24) is 5.16 Å². The molecule has 1 heterocycles. The number of carbonyl (C=O) groups excluding carboxylic acids is 1. The highest BCUT2D eigenvalue weighted by molar-refractivity contribution is 6.12. The molecule has 0 unspecified atom stereocenters. The van der Waals surface area contributed by atoms with Gasteiger partial charge in [-0.15, -0.1) is 4.91 Å². The average molecular weight is 301 g/mol. The Morgan fingerprint density at radius 3 is 2.64 bits per heavy atom. The van der Waals surface area contributed by atoms with Gasteiger partial charge in [0, 0.05) is 0 Å². The van der Waals surface area contributed by atoms with Gasteiger partial charge in [-0.25, -0.2) is 0 Å². The van der Waals surface area contributed by atoms with E-state index in [0.717, 1.165) is 24.3 Å². The molecule has 2 rings (SSSR count). The van der Waals surface area contributed by atoms with Crippen molar-refractivity contribution in [3.63, 3.8) is 0 Å². The first-order valence-electron chi connectivity index (χ1n) is 5.70. The minimum atomic E-state index is -0.867. The van der Waals surface area contributed by atoms with E-state index in [4.69, 9.17) is 5.26 Å². The van der Waals surface area contributed by atoms with Crippen molar-refractivity contribution in [2.45, 2.75) is 0 Å². The quantitative estimate of drug-likeness (QED) is 0.254. The van der Waals surface area contributed by atoms with Crippen LogP contribution in [0.3, 0.4) is 0 Å². The van der Waals surface area contributed by atoms with Crippen LogP contribution in [-0.2, 0) is 0 Å². The van der Waals surface area contributed by atoms with Crippen LogP contribution in [0.4, 0.5) is 5.69 Å². The first kappa shape index (κ1) is 14.7. The summed E-state index contributed by atoms with van der Waals surface area (Å²) in [6.07, 6.45) is 1.04. The molecule has 0 aliphatic carbocycles. The van der Waals surface area contributed by atoms with Crippen LogP contribution in [0, 0.1) is 16.2 Å². The molecule has 0 bridgehead atoms. The molecule has 0 amide bonds. The second-order valence-corrected chi connectivity index (χ2v) is 4.07. The summed E-state index contributed by atoms with van der Waals surface area (Å²) in [5.41, 5.74) is -1.43. The number of nitroso groups, excluding NO2 is 1. The number of H-pyrrole nitrogens is 1. The molecule has 0 spiro atoms. The monoisotopic (exact) mass is 301 g/mol. The lowest BCUT2D eigenvalue weighted by Crippen LogP contribution is -2.01. The molecule has 0 aliphatic rings. The van der Waals surface area contributed by atoms with Gasteiger partial charge in [0.25, 0.3) is 5.56 Å². The Kier molecular flexibility index (Phi) is 3.86. The first-order valence-corrected chi connectivity index (χ1v) is 5.70. The molecular weight excluding hydrogens is 294 g/mol. The van der Waals surface area contributed by atoms with Crippen molar-refractivity contribution in [1.29, 1.82) is 5.26 Å². The van der Waals surface area contributed by atoms with Crippen LogP contribution >= 0.6 is 0 Å². The number of nitrogens with zero attached hydrogens (tertiary/aromatic N) is 2. The van der Waals surface area contributed by atoms with Crippen molar-refractivity contribution < 1.29 is 19.5 Å². The molecule has 3 N–H and O–H groups in total. The maximum atomic E-state index is 12.0. The third kappa shape index (κ3) is 2.75. The van der Waals surface area contributed by atoms with Gasteiger partial charge in [-0.2, -0.15) is 10.4 Å². The molecule has 110 valence electrons. The largest absolute Gasteiger partial charge is 0.504 e. The fourth-order valence-corrected chi connectivity index (χ4v) is 1.62. The third-order valence-corrected chi connectivity index (χ3v) is 2.61. The number of phenolic OH excluding ortho intramolecular Hbond substituents is 2. The highest BCUT2D eigenvalue weighted by Crippen LogP contribution is 2.37. The van der Waals surface area contributed by atoms with Crippen molar-refractivity contribution in [3.05, 3.63) is 50.4 Å². The Bertz CT molecular complexity index is 884. The number of rotatable bonds is 4. The SMILES string of the molecule is N#C/C(=C\c1cc(O)c(O)c(N=O)c1)C(=O)c1cc(=O)[nH]o1. The minimum Gasteiger partial charge on any atom is -0.504 e. The van der Waals surface area contributed by atoms with Crippen LogP contribution in [0.5, 0.6) is 11.5 Å². The summed E-state index contributed by atoms with van der Waals surface area (Å²) in [6, 6.07) is 4.59. The van der Waals surface area contributed by atoms with Crippen LogP contribution in [-0.4, -0.2) is 21.2 Å². The van der Waals surface area contributed by atoms with Crippen molar-refractivity contribution in [2.24, 2.45) is 5.18 Å². The van der Waals surface area contributed by atoms with E-state index in [1.54, 1.807) is 6.07 Å². The van der Waals surface area contributed by atoms with E-state index < -0.39 is 34.1 Å². The van der Waals surface area contributed by atoms with Crippen LogP contribution in [0.2, 0.25) is 0 Å². The number of ketones is 1. The number of hydrogen-bond donors (Lipinski definition) is 3. The molecule has 9 nitrogen and oxygen atoms in total. The molecule has 0 aliphatic heterocycles. The van der Waals surface area contributed by atoms with E-state index in [1.165, 1.54) is 0 Å². The Hall–Kier alpha value is -3.67. The maximum Gasteiger partial charge on any atom is 0.280 e. The number of phenols is 2. The van der Waals surface area contributed by atoms with Crippen molar-refractivity contribution >= 4 is 17.5 Å². The predicted octanol–water partition coefficient (Wildman–Crippen LogP) is 1.57. The third-order valence-electron chi connectivity index (χ3n) is 2.61. The zero-order chi connectivity index (χ0) is 16.3. The number of nitrogens with one attached hydrogen (secondary N) is 1. The fraction of sp³-hybridized carbons (Fsp3) is 0. The van der Waals surface area contributed by atoms with Gasteiger partial charge in [-0.05, 0) is 28.9 Å². The second-order valence-electron chi connectivity index (χ2n) is 4.07. The van der Waals surface area contributed by atoms with Gasteiger partial charge in [0.05, 0.1) is 6.07 Å². The zero-order valence-corrected chi connectivity index (χ0v) is 10.7. The standard InChI is InChI=1S/C13H7N3O6/c14-5-7(12(19)10-4-11(18)16-22-10)1-6-2-8(15-21)13(20)9(17)3-6/h1-4,17,20H,(H,16,18)/b7-1+. The number of Topliss-reactive ketones (excluding diaryl/α,β-unsaturated/α-hetero) is 1. The normalized spacial score (nSPS) is 11.0. The molecule has 1 aromatic carbocycles. The van der Waals surface area contributed by atoms with Crippen LogP contribution in [0.15, 0.2) is 38.3 Å². The summed E-state index contributed by atoms with van der Waals surface area (Å²) >= 11 is 0. The van der Waals surface area contributed by atoms with Gasteiger partial charge in [0.15, 0.2) is 17.2 Å². The van der Waals surface area contributed by atoms with Crippen molar-refractivity contribution in [2.75, 3.05) is 0 Å². The number of aromatic amines is 1.